The van der Waals surface area contributed by atoms with Crippen LogP contribution in [0.5, 0.6) is 5.75 Å². The third kappa shape index (κ3) is 5.78. The Hall–Kier alpha value is -3.62. The van der Waals surface area contributed by atoms with Gasteiger partial charge in [-0.05, 0) is 69.3 Å². The van der Waals surface area contributed by atoms with Gasteiger partial charge in [-0.2, -0.15) is 0 Å². The van der Waals surface area contributed by atoms with Crippen LogP contribution in [0.1, 0.15) is 31.1 Å². The van der Waals surface area contributed by atoms with Gasteiger partial charge in [0.25, 0.3) is 0 Å². The van der Waals surface area contributed by atoms with Gasteiger partial charge in [0.15, 0.2) is 16.8 Å². The summed E-state index contributed by atoms with van der Waals surface area (Å²) in [7, 11) is 0. The van der Waals surface area contributed by atoms with E-state index >= 15 is 0 Å². The first-order valence-corrected chi connectivity index (χ1v) is 12.6. The first-order chi connectivity index (χ1) is 17.4. The number of hydrogen-bond acceptors (Lipinski definition) is 6. The first kappa shape index (κ1) is 25.5. The lowest BCUT2D eigenvalue weighted by molar-refractivity contribution is -0.115. The number of anilines is 1. The van der Waals surface area contributed by atoms with E-state index in [1.165, 1.54) is 18.7 Å². The summed E-state index contributed by atoms with van der Waals surface area (Å²) >= 11 is 7.75. The van der Waals surface area contributed by atoms with Gasteiger partial charge >= 0.3 is 0 Å². The topological polar surface area (TPSA) is 86.1 Å². The summed E-state index contributed by atoms with van der Waals surface area (Å²) in [5.41, 5.74) is 2.63. The monoisotopic (exact) mass is 520 g/mol. The molecule has 0 aliphatic rings. The molecule has 36 heavy (non-hydrogen) atoms. The Morgan fingerprint density at radius 3 is 2.50 bits per heavy atom. The van der Waals surface area contributed by atoms with Crippen LogP contribution < -0.4 is 10.1 Å². The molecule has 9 heteroatoms. The second kappa shape index (κ2) is 11.4. The molecule has 4 rings (SSSR count). The van der Waals surface area contributed by atoms with E-state index in [0.29, 0.717) is 33.9 Å². The summed E-state index contributed by atoms with van der Waals surface area (Å²) < 4.78 is 7.45. The number of nitrogens with one attached hydrogen (secondary N) is 1. The summed E-state index contributed by atoms with van der Waals surface area (Å²) in [6.45, 7) is 5.78. The van der Waals surface area contributed by atoms with Crippen molar-refractivity contribution in [3.05, 3.63) is 83.4 Å². The van der Waals surface area contributed by atoms with E-state index in [2.05, 4.69) is 15.5 Å². The van der Waals surface area contributed by atoms with Gasteiger partial charge in [0.2, 0.25) is 5.91 Å². The Balaban J connectivity index is 1.64. The van der Waals surface area contributed by atoms with Gasteiger partial charge in [-0.1, -0.05) is 47.6 Å². The number of carbonyl (C=O) groups is 2. The standard InChI is InChI=1S/C27H25ClN4O3S/c1-4-35-22-14-12-21(13-15-22)32-25(23-10-5-6-11-24(23)28)30-31-27(32)36-18(3)26(34)29-20-9-7-8-19(16-20)17(2)33/h5-16,18H,4H2,1-3H3,(H,29,34)/t18-/m1/s1. The lowest BCUT2D eigenvalue weighted by atomic mass is 10.1. The fourth-order valence-corrected chi connectivity index (χ4v) is 4.61. The Labute approximate surface area is 218 Å². The smallest absolute Gasteiger partial charge is 0.237 e. The zero-order chi connectivity index (χ0) is 25.7. The summed E-state index contributed by atoms with van der Waals surface area (Å²) in [6.07, 6.45) is 0. The number of ether oxygens (including phenoxy) is 1. The van der Waals surface area contributed by atoms with Gasteiger partial charge in [-0.15, -0.1) is 10.2 Å². The molecule has 7 nitrogen and oxygen atoms in total. The molecule has 0 aliphatic carbocycles. The van der Waals surface area contributed by atoms with Gasteiger partial charge in [-0.3, -0.25) is 14.2 Å². The summed E-state index contributed by atoms with van der Waals surface area (Å²) in [5, 5.41) is 12.3. The van der Waals surface area contributed by atoms with E-state index in [0.717, 1.165) is 17.0 Å². The van der Waals surface area contributed by atoms with Crippen LogP contribution in [0, 0.1) is 0 Å². The normalized spacial score (nSPS) is 11.7. The average molecular weight is 521 g/mol. The van der Waals surface area contributed by atoms with Crippen LogP contribution in [0.4, 0.5) is 5.69 Å². The highest BCUT2D eigenvalue weighted by Crippen LogP contribution is 2.34. The van der Waals surface area contributed by atoms with E-state index in [9.17, 15) is 9.59 Å². The Bertz CT molecular complexity index is 1390. The van der Waals surface area contributed by atoms with Crippen molar-refractivity contribution in [2.24, 2.45) is 0 Å². The minimum atomic E-state index is -0.504. The van der Waals surface area contributed by atoms with Crippen LogP contribution in [-0.4, -0.2) is 38.3 Å². The lowest BCUT2D eigenvalue weighted by Crippen LogP contribution is -2.23. The van der Waals surface area contributed by atoms with Crippen molar-refractivity contribution >= 4 is 40.7 Å². The zero-order valence-corrected chi connectivity index (χ0v) is 21.6. The number of benzene rings is 3. The number of halogens is 1. The van der Waals surface area contributed by atoms with Crippen molar-refractivity contribution in [1.82, 2.24) is 14.8 Å². The molecule has 3 aromatic carbocycles. The molecule has 1 amide bonds. The molecule has 0 aliphatic heterocycles. The van der Waals surface area contributed by atoms with Gasteiger partial charge in [-0.25, -0.2) is 0 Å². The maximum Gasteiger partial charge on any atom is 0.237 e. The molecule has 184 valence electrons. The van der Waals surface area contributed by atoms with Crippen LogP contribution in [0.25, 0.3) is 17.1 Å². The maximum atomic E-state index is 13.0. The molecule has 0 bridgehead atoms. The maximum absolute atomic E-state index is 13.0. The van der Waals surface area contributed by atoms with Crippen LogP contribution in [-0.2, 0) is 4.79 Å². The van der Waals surface area contributed by atoms with Crippen molar-refractivity contribution in [3.8, 4) is 22.8 Å². The highest BCUT2D eigenvalue weighted by atomic mass is 35.5. The largest absolute Gasteiger partial charge is 0.494 e. The number of carbonyl (C=O) groups excluding carboxylic acids is 2. The van der Waals surface area contributed by atoms with E-state index in [-0.39, 0.29) is 11.7 Å². The van der Waals surface area contributed by atoms with E-state index in [4.69, 9.17) is 16.3 Å². The molecule has 0 saturated carbocycles. The number of nitrogens with zero attached hydrogens (tertiary/aromatic N) is 3. The minimum Gasteiger partial charge on any atom is -0.494 e. The highest BCUT2D eigenvalue weighted by Gasteiger charge is 2.23. The number of hydrogen-bond donors (Lipinski definition) is 1. The number of Topliss-reactive ketones (excluding diaryl/α,β-unsaturated/α-hetero) is 1. The molecule has 1 aromatic heterocycles. The van der Waals surface area contributed by atoms with Crippen molar-refractivity contribution in [2.75, 3.05) is 11.9 Å². The Kier molecular flexibility index (Phi) is 8.07. The predicted octanol–water partition coefficient (Wildman–Crippen LogP) is 6.31. The summed E-state index contributed by atoms with van der Waals surface area (Å²) in [6, 6.07) is 21.9. The number of ketones is 1. The third-order valence-electron chi connectivity index (χ3n) is 5.34. The zero-order valence-electron chi connectivity index (χ0n) is 20.1. The van der Waals surface area contributed by atoms with E-state index in [1.54, 1.807) is 37.3 Å². The van der Waals surface area contributed by atoms with Gasteiger partial charge in [0.05, 0.1) is 16.9 Å². The lowest BCUT2D eigenvalue weighted by Gasteiger charge is -2.15. The fourth-order valence-electron chi connectivity index (χ4n) is 3.53. The molecule has 0 saturated heterocycles. The predicted molar refractivity (Wildman–Crippen MR) is 143 cm³/mol. The highest BCUT2D eigenvalue weighted by molar-refractivity contribution is 8.00. The second-order valence-corrected chi connectivity index (χ2v) is 9.65. The van der Waals surface area contributed by atoms with Crippen LogP contribution in [0.3, 0.4) is 0 Å². The molecule has 1 heterocycles. The Morgan fingerprint density at radius 1 is 1.06 bits per heavy atom. The van der Waals surface area contributed by atoms with Crippen LogP contribution in [0.15, 0.2) is 78.0 Å². The quantitative estimate of drug-likeness (QED) is 0.205. The van der Waals surface area contributed by atoms with Crippen molar-refractivity contribution < 1.29 is 14.3 Å². The number of rotatable bonds is 9. The third-order valence-corrected chi connectivity index (χ3v) is 6.71. The SMILES string of the molecule is CCOc1ccc(-n2c(S[C@H](C)C(=O)Nc3cccc(C(C)=O)c3)nnc2-c2ccccc2Cl)cc1. The van der Waals surface area contributed by atoms with Crippen molar-refractivity contribution in [2.45, 2.75) is 31.2 Å². The number of thioether (sulfide) groups is 1. The fraction of sp³-hybridized carbons (Fsp3) is 0.185. The number of amides is 1. The average Bonchev–Trinajstić information content (AvgIpc) is 3.28. The van der Waals surface area contributed by atoms with Crippen molar-refractivity contribution in [3.63, 3.8) is 0 Å². The molecule has 1 atom stereocenters. The molecular weight excluding hydrogens is 496 g/mol. The van der Waals surface area contributed by atoms with Crippen LogP contribution in [0.2, 0.25) is 5.02 Å². The summed E-state index contributed by atoms with van der Waals surface area (Å²) in [4.78, 5) is 24.7. The van der Waals surface area contributed by atoms with Crippen LogP contribution >= 0.6 is 23.4 Å². The molecule has 4 aromatic rings. The Morgan fingerprint density at radius 2 is 1.81 bits per heavy atom. The number of aromatic nitrogens is 3. The molecule has 0 spiro atoms. The van der Waals surface area contributed by atoms with E-state index in [1.807, 2.05) is 54.0 Å². The van der Waals surface area contributed by atoms with Gasteiger partial charge < -0.3 is 10.1 Å². The van der Waals surface area contributed by atoms with Gasteiger partial charge in [0, 0.05) is 22.5 Å². The first-order valence-electron chi connectivity index (χ1n) is 11.4. The van der Waals surface area contributed by atoms with Gasteiger partial charge in [0.1, 0.15) is 5.75 Å². The molecular formula is C27H25ClN4O3S. The molecule has 0 unspecified atom stereocenters. The van der Waals surface area contributed by atoms with Crippen molar-refractivity contribution in [1.29, 1.82) is 0 Å². The van der Waals surface area contributed by atoms with E-state index < -0.39 is 5.25 Å². The minimum absolute atomic E-state index is 0.0657. The second-order valence-electron chi connectivity index (χ2n) is 7.93. The molecule has 0 radical (unpaired) electrons. The summed E-state index contributed by atoms with van der Waals surface area (Å²) in [5.74, 6) is 1.03. The molecule has 1 N–H and O–H groups in total. The molecule has 0 fully saturated rings.